The van der Waals surface area contributed by atoms with E-state index in [2.05, 4.69) is 25.3 Å². The second-order valence-electron chi connectivity index (χ2n) is 3.93. The summed E-state index contributed by atoms with van der Waals surface area (Å²) in [5, 5.41) is 16.0. The number of rotatable bonds is 6. The van der Waals surface area contributed by atoms with E-state index in [1.807, 2.05) is 0 Å². The second kappa shape index (κ2) is 6.70. The van der Waals surface area contributed by atoms with Gasteiger partial charge in [-0.15, -0.1) is 0 Å². The Labute approximate surface area is 116 Å². The first kappa shape index (κ1) is 14.9. The van der Waals surface area contributed by atoms with E-state index in [-0.39, 0.29) is 0 Å². The summed E-state index contributed by atoms with van der Waals surface area (Å²) in [5.41, 5.74) is 1.71. The van der Waals surface area contributed by atoms with E-state index < -0.39 is 22.4 Å². The van der Waals surface area contributed by atoms with Gasteiger partial charge in [-0.05, 0) is 24.0 Å². The lowest BCUT2D eigenvalue weighted by atomic mass is 10.0. The molecule has 0 saturated heterocycles. The lowest BCUT2D eigenvalue weighted by Crippen LogP contribution is -2.17. The lowest BCUT2D eigenvalue weighted by molar-refractivity contribution is -0.137. The molecule has 2 N–H and O–H groups in total. The zero-order chi connectivity index (χ0) is 13.7. The van der Waals surface area contributed by atoms with Crippen molar-refractivity contribution in [3.63, 3.8) is 0 Å². The van der Waals surface area contributed by atoms with E-state index >= 15 is 0 Å². The Balaban J connectivity index is 2.63. The molecule has 1 aromatic rings. The fraction of sp³-hybridized carbons (Fsp3) is 0.333. The maximum Gasteiger partial charge on any atom is 0.316 e. The number of thiol groups is 2. The summed E-state index contributed by atoms with van der Waals surface area (Å²) in [5.74, 6) is -1.91. The summed E-state index contributed by atoms with van der Waals surface area (Å²) in [6, 6.07) is 7.13. The van der Waals surface area contributed by atoms with Crippen LogP contribution in [0, 0.1) is 0 Å². The van der Waals surface area contributed by atoms with Crippen molar-refractivity contribution in [3.8, 4) is 0 Å². The molecule has 0 spiro atoms. The van der Waals surface area contributed by atoms with Crippen molar-refractivity contribution in [2.45, 2.75) is 23.3 Å². The first-order valence-corrected chi connectivity index (χ1v) is 6.33. The van der Waals surface area contributed by atoms with E-state index in [4.69, 9.17) is 10.2 Å². The molecule has 4 nitrogen and oxygen atoms in total. The molecule has 1 aromatic carbocycles. The van der Waals surface area contributed by atoms with Crippen LogP contribution in [0.4, 0.5) is 0 Å². The number of aliphatic carboxylic acids is 2. The molecule has 0 aromatic heterocycles. The van der Waals surface area contributed by atoms with Crippen LogP contribution in [-0.4, -0.2) is 32.7 Å². The van der Waals surface area contributed by atoms with Crippen LogP contribution in [0.2, 0.25) is 0 Å². The molecular formula is C12H14O4S2. The van der Waals surface area contributed by atoms with E-state index in [0.29, 0.717) is 12.8 Å². The predicted octanol–water partition coefficient (Wildman–Crippen LogP) is 1.54. The first-order valence-electron chi connectivity index (χ1n) is 5.29. The molecule has 0 aliphatic heterocycles. The minimum Gasteiger partial charge on any atom is -0.480 e. The van der Waals surface area contributed by atoms with Gasteiger partial charge in [0.05, 0.1) is 0 Å². The third-order valence-corrected chi connectivity index (χ3v) is 3.26. The second-order valence-corrected chi connectivity index (χ2v) is 5.18. The lowest BCUT2D eigenvalue weighted by Gasteiger charge is -2.08. The van der Waals surface area contributed by atoms with Crippen molar-refractivity contribution in [2.75, 3.05) is 0 Å². The molecule has 6 heteroatoms. The summed E-state index contributed by atoms with van der Waals surface area (Å²) in [6.45, 7) is 0. The molecule has 1 rings (SSSR count). The van der Waals surface area contributed by atoms with Gasteiger partial charge in [0.25, 0.3) is 0 Å². The monoisotopic (exact) mass is 286 g/mol. The molecule has 0 amide bonds. The van der Waals surface area contributed by atoms with Gasteiger partial charge in [0.2, 0.25) is 0 Å². The van der Waals surface area contributed by atoms with Crippen LogP contribution in [0.25, 0.3) is 0 Å². The minimum absolute atomic E-state index is 0.335. The highest BCUT2D eigenvalue weighted by Gasteiger charge is 2.14. The Bertz CT molecular complexity index is 389. The normalized spacial score (nSPS) is 13.9. The summed E-state index contributed by atoms with van der Waals surface area (Å²) in [4.78, 5) is 21.3. The third-order valence-electron chi connectivity index (χ3n) is 2.45. The summed E-state index contributed by atoms with van der Waals surface area (Å²) < 4.78 is 0. The van der Waals surface area contributed by atoms with Gasteiger partial charge >= 0.3 is 11.9 Å². The number of carboxylic acid groups (broad SMARTS) is 2. The molecule has 0 aliphatic carbocycles. The number of benzene rings is 1. The highest BCUT2D eigenvalue weighted by molar-refractivity contribution is 7.82. The topological polar surface area (TPSA) is 74.6 Å². The maximum atomic E-state index is 10.6. The van der Waals surface area contributed by atoms with Crippen molar-refractivity contribution in [1.29, 1.82) is 0 Å². The largest absolute Gasteiger partial charge is 0.480 e. The van der Waals surface area contributed by atoms with Gasteiger partial charge in [0, 0.05) is 0 Å². The maximum absolute atomic E-state index is 10.6. The number of carboxylic acids is 2. The average Bonchev–Trinajstić information content (AvgIpc) is 2.31. The van der Waals surface area contributed by atoms with E-state index in [1.165, 1.54) is 0 Å². The molecule has 2 unspecified atom stereocenters. The summed E-state index contributed by atoms with van der Waals surface area (Å²) in [7, 11) is 0. The van der Waals surface area contributed by atoms with Crippen molar-refractivity contribution >= 4 is 37.2 Å². The van der Waals surface area contributed by atoms with Crippen molar-refractivity contribution < 1.29 is 19.8 Å². The van der Waals surface area contributed by atoms with Crippen molar-refractivity contribution in [2.24, 2.45) is 0 Å². The van der Waals surface area contributed by atoms with Gasteiger partial charge in [-0.25, -0.2) is 0 Å². The molecule has 0 fully saturated rings. The molecule has 0 heterocycles. The van der Waals surface area contributed by atoms with Crippen LogP contribution in [-0.2, 0) is 22.4 Å². The molecule has 98 valence electrons. The van der Waals surface area contributed by atoms with Crippen LogP contribution < -0.4 is 0 Å². The molecular weight excluding hydrogens is 272 g/mol. The van der Waals surface area contributed by atoms with Crippen LogP contribution in [0.1, 0.15) is 11.1 Å². The Kier molecular flexibility index (Phi) is 5.55. The Hall–Kier alpha value is -1.14. The minimum atomic E-state index is -0.955. The van der Waals surface area contributed by atoms with Crippen molar-refractivity contribution in [1.82, 2.24) is 0 Å². The average molecular weight is 286 g/mol. The first-order chi connectivity index (χ1) is 8.40. The molecule has 0 saturated carbocycles. The number of hydrogen-bond acceptors (Lipinski definition) is 4. The van der Waals surface area contributed by atoms with Crippen LogP contribution in [0.15, 0.2) is 24.3 Å². The molecule has 0 bridgehead atoms. The molecule has 0 aliphatic rings. The Morgan fingerprint density at radius 3 is 1.39 bits per heavy atom. The molecule has 18 heavy (non-hydrogen) atoms. The predicted molar refractivity (Wildman–Crippen MR) is 74.7 cm³/mol. The van der Waals surface area contributed by atoms with Crippen molar-refractivity contribution in [3.05, 3.63) is 35.4 Å². The Morgan fingerprint density at radius 2 is 1.17 bits per heavy atom. The van der Waals surface area contributed by atoms with Crippen LogP contribution in [0.3, 0.4) is 0 Å². The van der Waals surface area contributed by atoms with Gasteiger partial charge in [0.1, 0.15) is 10.5 Å². The fourth-order valence-corrected chi connectivity index (χ4v) is 1.85. The summed E-state index contributed by atoms with van der Waals surface area (Å²) >= 11 is 7.91. The third kappa shape index (κ3) is 4.62. The highest BCUT2D eigenvalue weighted by Crippen LogP contribution is 2.13. The van der Waals surface area contributed by atoms with Gasteiger partial charge < -0.3 is 10.2 Å². The standard InChI is InChI=1S/C12H14O4S2/c13-11(14)9(17)5-7-1-2-8(4-3-7)6-10(18)12(15)16/h1-4,9-10,17-18H,5-6H2,(H,13,14)(H,15,16). The smallest absolute Gasteiger partial charge is 0.316 e. The summed E-state index contributed by atoms with van der Waals surface area (Å²) in [6.07, 6.45) is 0.671. The van der Waals surface area contributed by atoms with Crippen LogP contribution in [0.5, 0.6) is 0 Å². The number of carbonyl (C=O) groups is 2. The van der Waals surface area contributed by atoms with E-state index in [0.717, 1.165) is 11.1 Å². The highest BCUT2D eigenvalue weighted by atomic mass is 32.1. The van der Waals surface area contributed by atoms with E-state index in [1.54, 1.807) is 24.3 Å². The quantitative estimate of drug-likeness (QED) is 0.598. The van der Waals surface area contributed by atoms with Gasteiger partial charge in [0.15, 0.2) is 0 Å². The Morgan fingerprint density at radius 1 is 0.889 bits per heavy atom. The fourth-order valence-electron chi connectivity index (χ4n) is 1.43. The van der Waals surface area contributed by atoms with Crippen LogP contribution >= 0.6 is 25.3 Å². The number of hydrogen-bond donors (Lipinski definition) is 4. The van der Waals surface area contributed by atoms with Gasteiger partial charge in [-0.2, -0.15) is 25.3 Å². The van der Waals surface area contributed by atoms with Gasteiger partial charge in [-0.3, -0.25) is 9.59 Å². The SMILES string of the molecule is O=C(O)C(S)Cc1ccc(CC(S)C(=O)O)cc1. The van der Waals surface area contributed by atoms with Gasteiger partial charge in [-0.1, -0.05) is 24.3 Å². The molecule has 0 radical (unpaired) electrons. The zero-order valence-electron chi connectivity index (χ0n) is 9.48. The molecule has 2 atom stereocenters. The zero-order valence-corrected chi connectivity index (χ0v) is 11.3. The van der Waals surface area contributed by atoms with E-state index in [9.17, 15) is 9.59 Å².